The number of unbranched alkanes of at least 4 members (excludes halogenated alkanes) is 26. The molecule has 1 rings (SSSR count). The van der Waals surface area contributed by atoms with Crippen molar-refractivity contribution in [2.75, 3.05) is 65.9 Å². The molecule has 4 unspecified atom stereocenters. The van der Waals surface area contributed by atoms with E-state index in [1.807, 2.05) is 0 Å². The number of carbonyl (C=O) groups excluding carboxylic acids is 6. The molecule has 8 N–H and O–H groups in total. The minimum Gasteiger partial charge on any atom is -1.00 e. The quantitative estimate of drug-likeness (QED) is 0.00922. The summed E-state index contributed by atoms with van der Waals surface area (Å²) in [6.07, 6.45) is 39.9. The largest absolute Gasteiger partial charge is 1.00 e. The van der Waals surface area contributed by atoms with Crippen LogP contribution in [0.25, 0.3) is 0 Å². The van der Waals surface area contributed by atoms with E-state index in [1.165, 1.54) is 52.4 Å². The van der Waals surface area contributed by atoms with Crippen LogP contribution in [0.3, 0.4) is 0 Å². The van der Waals surface area contributed by atoms with Crippen molar-refractivity contribution in [3.8, 4) is 0 Å². The van der Waals surface area contributed by atoms with Gasteiger partial charge < -0.3 is 72.5 Å². The van der Waals surface area contributed by atoms with Crippen molar-refractivity contribution in [1.82, 2.24) is 21.3 Å². The molecule has 1 fully saturated rings. The number of aliphatic hydroxyl groups excluding tert-OH is 2. The number of carbonyl (C=O) groups is 6. The second-order valence-electron chi connectivity index (χ2n) is 29.7. The van der Waals surface area contributed by atoms with Crippen LogP contribution in [0.5, 0.6) is 0 Å². The molecule has 30 heteroatoms. The molecular formula is C81H154N4Na2O22P2. The van der Waals surface area contributed by atoms with Gasteiger partial charge in [-0.05, 0) is 117 Å². The van der Waals surface area contributed by atoms with Gasteiger partial charge in [0.25, 0.3) is 11.8 Å². The van der Waals surface area contributed by atoms with Gasteiger partial charge in [0.05, 0.1) is 76.8 Å². The third-order valence-corrected chi connectivity index (χ3v) is 20.6. The van der Waals surface area contributed by atoms with Gasteiger partial charge >= 0.3 is 86.7 Å². The number of phosphoric acid groups is 2. The van der Waals surface area contributed by atoms with Crippen molar-refractivity contribution >= 4 is 51.2 Å². The van der Waals surface area contributed by atoms with Gasteiger partial charge in [0.15, 0.2) is 18.0 Å². The maximum Gasteiger partial charge on any atom is 1.00 e. The first kappa shape index (κ1) is 111. The van der Waals surface area contributed by atoms with Crippen molar-refractivity contribution in [1.29, 1.82) is 0 Å². The average Bonchev–Trinajstić information content (AvgIpc) is 1.66. The summed E-state index contributed by atoms with van der Waals surface area (Å²) in [6.45, 7) is 12.8. The van der Waals surface area contributed by atoms with Crippen molar-refractivity contribution < 1.29 is 166 Å². The summed E-state index contributed by atoms with van der Waals surface area (Å²) in [5.41, 5.74) is 0. The number of phosphoric ester groups is 2. The molecular weight excluding hydrogens is 1490 g/mol. The van der Waals surface area contributed by atoms with Crippen LogP contribution in [0, 0.1) is 0 Å². The van der Waals surface area contributed by atoms with Crippen molar-refractivity contribution in [2.24, 2.45) is 0 Å². The van der Waals surface area contributed by atoms with Gasteiger partial charge in [-0.3, -0.25) is 46.9 Å². The van der Waals surface area contributed by atoms with Crippen LogP contribution in [0.2, 0.25) is 0 Å². The van der Waals surface area contributed by atoms with E-state index in [4.69, 9.17) is 46.5 Å². The molecule has 0 aromatic rings. The monoisotopic (exact) mass is 1640 g/mol. The maximum atomic E-state index is 13.7. The second-order valence-corrected chi connectivity index (χ2v) is 32.6. The molecule has 1 aliphatic rings. The molecule has 0 radical (unpaired) electrons. The average molecular weight is 1640 g/mol. The Morgan fingerprint density at radius 3 is 1.05 bits per heavy atom. The van der Waals surface area contributed by atoms with Gasteiger partial charge in [-0.1, -0.05) is 220 Å². The summed E-state index contributed by atoms with van der Waals surface area (Å²) in [5.74, 6) is -4.91. The van der Waals surface area contributed by atoms with E-state index in [1.54, 1.807) is 0 Å². The number of ether oxygens (including phenoxy) is 6. The summed E-state index contributed by atoms with van der Waals surface area (Å²) in [6, 6.07) is -1.96. The molecule has 0 aliphatic carbocycles. The Labute approximate surface area is 716 Å². The normalized spacial score (nSPS) is 16.8. The summed E-state index contributed by atoms with van der Waals surface area (Å²) < 4.78 is 82.9. The van der Waals surface area contributed by atoms with Gasteiger partial charge in [0.2, 0.25) is 11.8 Å². The fraction of sp³-hybridized carbons (Fsp3) is 0.877. The Balaban J connectivity index is -0.0000149. The van der Waals surface area contributed by atoms with Crippen molar-refractivity contribution in [3.05, 3.63) is 24.3 Å². The SMILES string of the molecule is CCCCCC/C=C/CCCC(=O)O[C@H](CCCCCCC)CC(=O)NC(COCC[C@H](O)CCCCCCC)COP(=O)(O)OCCNC(=O)[C@H]1OC(C)(C)O[C@H]1C(=O)NCCOP(=O)(O)OCC(COCC[C@H](O)CCCCCCC)NC(=O)C[C@@H](CCCCCCC)OC(=O)CCC/C=C/CCCCCC.[H-].[H-].[Na+].[Na+]. The first-order valence-electron chi connectivity index (χ1n) is 42.4. The van der Waals surface area contributed by atoms with E-state index in [0.29, 0.717) is 51.4 Å². The number of allylic oxidation sites excluding steroid dienone is 4. The Morgan fingerprint density at radius 1 is 0.414 bits per heavy atom. The zero-order valence-electron chi connectivity index (χ0n) is 72.6. The molecule has 642 valence electrons. The van der Waals surface area contributed by atoms with Gasteiger partial charge in [-0.2, -0.15) is 0 Å². The second kappa shape index (κ2) is 73.4. The zero-order chi connectivity index (χ0) is 80.5. The van der Waals surface area contributed by atoms with Gasteiger partial charge in [0.1, 0.15) is 12.2 Å². The molecule has 26 nitrogen and oxygen atoms in total. The topological polar surface area (TPSA) is 358 Å². The predicted molar refractivity (Wildman–Crippen MR) is 428 cm³/mol. The third kappa shape index (κ3) is 65.9. The van der Waals surface area contributed by atoms with E-state index in [0.717, 1.165) is 167 Å². The molecule has 0 bridgehead atoms. The number of hydrogen-bond acceptors (Lipinski definition) is 20. The number of nitrogens with one attached hydrogen (secondary N) is 4. The third-order valence-electron chi connectivity index (χ3n) is 18.6. The molecule has 111 heavy (non-hydrogen) atoms. The number of aliphatic hydroxyl groups is 2. The van der Waals surface area contributed by atoms with Gasteiger partial charge in [0, 0.05) is 39.1 Å². The minimum atomic E-state index is -4.87. The predicted octanol–water partition coefficient (Wildman–Crippen LogP) is 10.2. The number of rotatable bonds is 76. The van der Waals surface area contributed by atoms with Gasteiger partial charge in [-0.15, -0.1) is 0 Å². The molecule has 1 saturated heterocycles. The van der Waals surface area contributed by atoms with Crippen LogP contribution in [0.1, 0.15) is 341 Å². The minimum absolute atomic E-state index is 0. The van der Waals surface area contributed by atoms with Crippen LogP contribution in [-0.2, 0) is 84.4 Å². The number of esters is 2. The Kier molecular flexibility index (Phi) is 73.6. The fourth-order valence-corrected chi connectivity index (χ4v) is 13.8. The molecule has 4 amide bonds. The zero-order valence-corrected chi connectivity index (χ0v) is 76.4. The van der Waals surface area contributed by atoms with Crippen LogP contribution in [-0.4, -0.2) is 176 Å². The molecule has 0 aromatic heterocycles. The molecule has 0 spiro atoms. The number of amides is 4. The summed E-state index contributed by atoms with van der Waals surface area (Å²) >= 11 is 0. The van der Waals surface area contributed by atoms with Crippen LogP contribution >= 0.6 is 15.6 Å². The standard InChI is InChI=1S/C81H152N4O22P2.2Na.2H/c1-9-15-21-27-29-31-33-39-45-51-75(90)104-71(49-43-37-25-19-13-5)61-73(88)84-67(63-98-57-53-69(86)47-41-35-23-17-11-3)65-102-108(94,95)100-59-55-82-79(92)77-78(107-81(7,8)106-77)80(93)83-56-60-101-109(96,97)103-66-68(64-99-58-54-70(87)48-42-36-24-18-12-4)85-74(89)62-72(50-44-38-26-20-14-6)105-76(91)52-46-40-34-32-30-28-22-16-10-2;;;;/h31-34,67-72,77-78,86-87H,9-30,35-66H2,1-8H3,(H,82,92)(H,83,93)(H,84,88)(H,85,89)(H,94,95)(H,96,97);;;;/q;2*+1;2*-1/b33-31+,34-32+;;;;/t67?,68?,69-,70-,71-,72-,77-,78+;;;;/m1..../s1. The van der Waals surface area contributed by atoms with Crippen molar-refractivity contribution in [3.63, 3.8) is 0 Å². The summed E-state index contributed by atoms with van der Waals surface area (Å²) in [5, 5.41) is 31.9. The Morgan fingerprint density at radius 2 is 0.721 bits per heavy atom. The Bertz CT molecular complexity index is 2350. The van der Waals surface area contributed by atoms with Crippen LogP contribution in [0.15, 0.2) is 24.3 Å². The number of hydrogen-bond donors (Lipinski definition) is 8. The smallest absolute Gasteiger partial charge is 1.00 e. The van der Waals surface area contributed by atoms with E-state index in [2.05, 4.69) is 87.1 Å². The summed E-state index contributed by atoms with van der Waals surface area (Å²) in [7, 11) is -9.74. The van der Waals surface area contributed by atoms with E-state index in [-0.39, 0.29) is 127 Å². The van der Waals surface area contributed by atoms with E-state index < -0.39 is 132 Å². The van der Waals surface area contributed by atoms with Crippen LogP contribution < -0.4 is 80.4 Å². The van der Waals surface area contributed by atoms with Crippen molar-refractivity contribution in [2.45, 2.75) is 392 Å². The molecule has 0 aromatic carbocycles. The fourth-order valence-electron chi connectivity index (χ4n) is 12.3. The Hall–Kier alpha value is -1.72. The molecule has 10 atom stereocenters. The van der Waals surface area contributed by atoms with E-state index >= 15 is 0 Å². The van der Waals surface area contributed by atoms with Gasteiger partial charge in [-0.25, -0.2) is 9.13 Å². The first-order valence-corrected chi connectivity index (χ1v) is 45.3. The van der Waals surface area contributed by atoms with E-state index in [9.17, 15) is 57.9 Å². The molecule has 1 aliphatic heterocycles. The van der Waals surface area contributed by atoms with Crippen LogP contribution in [0.4, 0.5) is 0 Å². The summed E-state index contributed by atoms with van der Waals surface area (Å²) in [4.78, 5) is 103. The first-order chi connectivity index (χ1) is 52.4. The molecule has 0 saturated carbocycles. The molecule has 1 heterocycles. The maximum absolute atomic E-state index is 13.7.